The van der Waals surface area contributed by atoms with Crippen LogP contribution in [-0.2, 0) is 4.43 Å². The van der Waals surface area contributed by atoms with Crippen LogP contribution in [0.4, 0.5) is 0 Å². The molecule has 0 unspecified atom stereocenters. The molecule has 0 fully saturated rings. The first-order valence-corrected chi connectivity index (χ1v) is 8.73. The number of rotatable bonds is 4. The molecule has 1 radical (unpaired) electrons. The molecule has 0 bridgehead atoms. The molecule has 1 nitrogen and oxygen atoms in total. The van der Waals surface area contributed by atoms with Crippen molar-refractivity contribution in [2.45, 2.75) is 39.9 Å². The SMILES string of the molecule is CC(C)C[C]([SiH3])O[Si](C)(C)C. The summed E-state index contributed by atoms with van der Waals surface area (Å²) in [6.07, 6.45) is 1.16. The fourth-order valence-electron chi connectivity index (χ4n) is 1.14. The van der Waals surface area contributed by atoms with Crippen LogP contribution in [0.25, 0.3) is 0 Å². The fraction of sp³-hybridized carbons (Fsp3) is 0.875. The molecule has 0 saturated carbocycles. The highest BCUT2D eigenvalue weighted by atomic mass is 28.4. The van der Waals surface area contributed by atoms with Gasteiger partial charge >= 0.3 is 0 Å². The van der Waals surface area contributed by atoms with E-state index in [1.807, 2.05) is 0 Å². The second-order valence-corrected chi connectivity index (χ2v) is 10.1. The Bertz CT molecular complexity index is 107. The standard InChI is InChI=1S/C8H21OSi2/c1-7(2)6-8(10)9-11(3,4)5/h7H,6H2,1-5,10H3. The van der Waals surface area contributed by atoms with E-state index in [0.29, 0.717) is 0 Å². The van der Waals surface area contributed by atoms with Crippen molar-refractivity contribution in [1.82, 2.24) is 0 Å². The molecule has 3 heteroatoms. The number of hydrogen-bond donors (Lipinski definition) is 0. The summed E-state index contributed by atoms with van der Waals surface area (Å²) >= 11 is 0. The van der Waals surface area contributed by atoms with Gasteiger partial charge in [0.25, 0.3) is 0 Å². The molecule has 11 heavy (non-hydrogen) atoms. The average molecular weight is 189 g/mol. The van der Waals surface area contributed by atoms with Gasteiger partial charge in [-0.05, 0) is 32.0 Å². The molecule has 0 aliphatic rings. The molecule has 0 N–H and O–H groups in total. The molecule has 0 amide bonds. The van der Waals surface area contributed by atoms with Gasteiger partial charge in [0, 0.05) is 10.2 Å². The molecule has 0 aromatic rings. The summed E-state index contributed by atoms with van der Waals surface area (Å²) in [5, 5.41) is 0. The Balaban J connectivity index is 3.61. The van der Waals surface area contributed by atoms with E-state index >= 15 is 0 Å². The molecule has 0 aliphatic carbocycles. The first-order chi connectivity index (χ1) is 4.81. The zero-order valence-corrected chi connectivity index (χ0v) is 11.7. The van der Waals surface area contributed by atoms with E-state index in [9.17, 15) is 0 Å². The normalized spacial score (nSPS) is 13.4. The highest BCUT2D eigenvalue weighted by Crippen LogP contribution is 2.16. The van der Waals surface area contributed by atoms with Crippen molar-refractivity contribution in [2.24, 2.45) is 5.92 Å². The maximum atomic E-state index is 5.87. The van der Waals surface area contributed by atoms with Crippen LogP contribution in [0.15, 0.2) is 0 Å². The molecule has 67 valence electrons. The van der Waals surface area contributed by atoms with Crippen molar-refractivity contribution in [2.75, 3.05) is 0 Å². The molecule has 0 heterocycles. The molecular weight excluding hydrogens is 168 g/mol. The van der Waals surface area contributed by atoms with Crippen LogP contribution in [0.1, 0.15) is 20.3 Å². The van der Waals surface area contributed by atoms with Gasteiger partial charge in [-0.15, -0.1) is 0 Å². The molecule has 0 atom stereocenters. The zero-order chi connectivity index (χ0) is 9.07. The molecule has 0 aliphatic heterocycles. The van der Waals surface area contributed by atoms with Crippen LogP contribution >= 0.6 is 0 Å². The van der Waals surface area contributed by atoms with Crippen molar-refractivity contribution < 1.29 is 4.43 Å². The van der Waals surface area contributed by atoms with Crippen molar-refractivity contribution in [3.8, 4) is 0 Å². The maximum absolute atomic E-state index is 5.87. The van der Waals surface area contributed by atoms with Crippen molar-refractivity contribution >= 4 is 18.6 Å². The highest BCUT2D eigenvalue weighted by molar-refractivity contribution is 6.70. The van der Waals surface area contributed by atoms with E-state index in [4.69, 9.17) is 4.43 Å². The Morgan fingerprint density at radius 2 is 1.82 bits per heavy atom. The molecule has 0 aromatic heterocycles. The van der Waals surface area contributed by atoms with Gasteiger partial charge in [-0.2, -0.15) is 0 Å². The van der Waals surface area contributed by atoms with Crippen LogP contribution in [-0.4, -0.2) is 18.6 Å². The third-order valence-corrected chi connectivity index (χ3v) is 3.16. The Morgan fingerprint density at radius 3 is 2.09 bits per heavy atom. The summed E-state index contributed by atoms with van der Waals surface area (Å²) in [5.41, 5.74) is 1.35. The second-order valence-electron chi connectivity index (χ2n) is 4.51. The summed E-state index contributed by atoms with van der Waals surface area (Å²) in [6, 6.07) is 0. The minimum atomic E-state index is -1.29. The topological polar surface area (TPSA) is 9.23 Å². The van der Waals surface area contributed by atoms with Gasteiger partial charge in [-0.1, -0.05) is 13.8 Å². The Labute approximate surface area is 75.1 Å². The molecular formula is C8H21OSi2. The van der Waals surface area contributed by atoms with E-state index in [2.05, 4.69) is 33.5 Å². The lowest BCUT2D eigenvalue weighted by Crippen LogP contribution is -2.28. The first-order valence-electron chi connectivity index (χ1n) is 4.32. The Hall–Kier alpha value is 0.394. The lowest BCUT2D eigenvalue weighted by atomic mass is 10.1. The van der Waals surface area contributed by atoms with Crippen LogP contribution in [0.2, 0.25) is 19.6 Å². The summed E-state index contributed by atoms with van der Waals surface area (Å²) in [5.74, 6) is 0.749. The second kappa shape index (κ2) is 4.43. The summed E-state index contributed by atoms with van der Waals surface area (Å²) in [7, 11) is -0.192. The summed E-state index contributed by atoms with van der Waals surface area (Å²) in [6.45, 7) is 11.2. The third kappa shape index (κ3) is 8.30. The minimum Gasteiger partial charge on any atom is -0.413 e. The monoisotopic (exact) mass is 189 g/mol. The predicted molar refractivity (Wildman–Crippen MR) is 57.1 cm³/mol. The van der Waals surface area contributed by atoms with Gasteiger partial charge in [0.15, 0.2) is 8.32 Å². The lowest BCUT2D eigenvalue weighted by Gasteiger charge is -2.23. The molecule has 0 rings (SSSR count). The van der Waals surface area contributed by atoms with Crippen LogP contribution < -0.4 is 0 Å². The van der Waals surface area contributed by atoms with Gasteiger partial charge in [-0.3, -0.25) is 0 Å². The smallest absolute Gasteiger partial charge is 0.184 e. The van der Waals surface area contributed by atoms with Crippen LogP contribution in [0, 0.1) is 11.6 Å². The van der Waals surface area contributed by atoms with Crippen molar-refractivity contribution in [1.29, 1.82) is 0 Å². The predicted octanol–water partition coefficient (Wildman–Crippen LogP) is 1.74. The van der Waals surface area contributed by atoms with Gasteiger partial charge < -0.3 is 4.43 Å². The maximum Gasteiger partial charge on any atom is 0.184 e. The van der Waals surface area contributed by atoms with Crippen LogP contribution in [0.3, 0.4) is 0 Å². The van der Waals surface area contributed by atoms with Crippen molar-refractivity contribution in [3.63, 3.8) is 0 Å². The summed E-state index contributed by atoms with van der Waals surface area (Å²) < 4.78 is 5.87. The summed E-state index contributed by atoms with van der Waals surface area (Å²) in [4.78, 5) is 0. The quantitative estimate of drug-likeness (QED) is 0.612. The average Bonchev–Trinajstić information content (AvgIpc) is 1.53. The molecule has 0 spiro atoms. The number of hydrogen-bond acceptors (Lipinski definition) is 1. The van der Waals surface area contributed by atoms with E-state index in [1.165, 1.54) is 5.73 Å². The third-order valence-electron chi connectivity index (χ3n) is 1.18. The lowest BCUT2D eigenvalue weighted by molar-refractivity contribution is 0.336. The first kappa shape index (κ1) is 11.4. The molecule has 0 saturated heterocycles. The van der Waals surface area contributed by atoms with Gasteiger partial charge in [0.05, 0.1) is 5.73 Å². The Kier molecular flexibility index (Phi) is 4.59. The highest BCUT2D eigenvalue weighted by Gasteiger charge is 2.18. The largest absolute Gasteiger partial charge is 0.413 e. The van der Waals surface area contributed by atoms with Gasteiger partial charge in [-0.25, -0.2) is 0 Å². The molecule has 0 aromatic carbocycles. The van der Waals surface area contributed by atoms with E-state index in [-0.39, 0.29) is 0 Å². The van der Waals surface area contributed by atoms with Crippen molar-refractivity contribution in [3.05, 3.63) is 5.73 Å². The van der Waals surface area contributed by atoms with Crippen LogP contribution in [0.5, 0.6) is 0 Å². The fourth-order valence-corrected chi connectivity index (χ4v) is 4.92. The van der Waals surface area contributed by atoms with Gasteiger partial charge in [0.1, 0.15) is 0 Å². The van der Waals surface area contributed by atoms with E-state index in [0.717, 1.165) is 22.6 Å². The van der Waals surface area contributed by atoms with E-state index < -0.39 is 8.32 Å². The van der Waals surface area contributed by atoms with Gasteiger partial charge in [0.2, 0.25) is 0 Å². The van der Waals surface area contributed by atoms with E-state index in [1.54, 1.807) is 0 Å². The minimum absolute atomic E-state index is 0.749. The zero-order valence-electron chi connectivity index (χ0n) is 8.69. The Morgan fingerprint density at radius 1 is 1.36 bits per heavy atom.